The monoisotopic (exact) mass is 375 g/mol. The van der Waals surface area contributed by atoms with Gasteiger partial charge in [0.25, 0.3) is 5.91 Å². The van der Waals surface area contributed by atoms with E-state index in [-0.39, 0.29) is 29.6 Å². The molecule has 0 aromatic heterocycles. The zero-order valence-corrected chi connectivity index (χ0v) is 14.7. The van der Waals surface area contributed by atoms with Crippen molar-refractivity contribution >= 4 is 15.9 Å². The second-order valence-electron chi connectivity index (χ2n) is 5.47. The first-order valence-electron chi connectivity index (χ1n) is 7.92. The van der Waals surface area contributed by atoms with Crippen molar-refractivity contribution in [2.75, 3.05) is 13.1 Å². The first kappa shape index (κ1) is 19.6. The lowest BCUT2D eigenvalue weighted by Crippen LogP contribution is -2.26. The predicted octanol–water partition coefficient (Wildman–Crippen LogP) is 1.99. The molecule has 2 N–H and O–H groups in total. The van der Waals surface area contributed by atoms with Crippen LogP contribution in [0.15, 0.2) is 53.4 Å². The van der Waals surface area contributed by atoms with Crippen LogP contribution < -0.4 is 10.0 Å². The molecule has 0 aliphatic rings. The van der Waals surface area contributed by atoms with E-state index in [9.17, 15) is 17.6 Å². The van der Waals surface area contributed by atoms with E-state index in [0.29, 0.717) is 18.5 Å². The number of rotatable bonds is 8. The zero-order chi connectivity index (χ0) is 19.0. The van der Waals surface area contributed by atoms with E-state index >= 15 is 0 Å². The van der Waals surface area contributed by atoms with E-state index in [1.807, 2.05) is 6.07 Å². The molecule has 26 heavy (non-hydrogen) atoms. The summed E-state index contributed by atoms with van der Waals surface area (Å²) in [5.74, 6) is -0.670. The number of carbonyl (C=O) groups excluding carboxylic acids is 1. The Morgan fingerprint density at radius 1 is 1.12 bits per heavy atom. The van der Waals surface area contributed by atoms with Crippen molar-refractivity contribution in [3.63, 3.8) is 0 Å². The summed E-state index contributed by atoms with van der Waals surface area (Å²) in [4.78, 5) is 12.1. The van der Waals surface area contributed by atoms with E-state index < -0.39 is 10.0 Å². The van der Waals surface area contributed by atoms with E-state index in [4.69, 9.17) is 5.26 Å². The van der Waals surface area contributed by atoms with Crippen LogP contribution in [0.4, 0.5) is 4.39 Å². The number of halogens is 1. The number of benzene rings is 2. The predicted molar refractivity (Wildman–Crippen MR) is 94.3 cm³/mol. The van der Waals surface area contributed by atoms with Crippen LogP contribution in [0.1, 0.15) is 22.3 Å². The number of nitrogens with one attached hydrogen (secondary N) is 2. The van der Waals surface area contributed by atoms with Crippen LogP contribution in [0.5, 0.6) is 0 Å². The first-order chi connectivity index (χ1) is 12.4. The Bertz CT molecular complexity index is 906. The van der Waals surface area contributed by atoms with Crippen molar-refractivity contribution < 1.29 is 17.6 Å². The van der Waals surface area contributed by atoms with Gasteiger partial charge < -0.3 is 5.32 Å². The lowest BCUT2D eigenvalue weighted by Gasteiger charge is -2.08. The molecule has 0 bridgehead atoms. The molecule has 0 saturated carbocycles. The molecule has 1 amide bonds. The third-order valence-electron chi connectivity index (χ3n) is 3.54. The van der Waals surface area contributed by atoms with Crippen LogP contribution in [0, 0.1) is 17.1 Å². The Balaban J connectivity index is 1.91. The van der Waals surface area contributed by atoms with Crippen molar-refractivity contribution in [2.45, 2.75) is 17.7 Å². The van der Waals surface area contributed by atoms with Gasteiger partial charge in [-0.25, -0.2) is 17.5 Å². The number of nitrogens with zero attached hydrogens (tertiary/aromatic N) is 1. The summed E-state index contributed by atoms with van der Waals surface area (Å²) < 4.78 is 39.4. The van der Waals surface area contributed by atoms with Crippen molar-refractivity contribution in [1.82, 2.24) is 10.0 Å². The fraction of sp³-hybridized carbons (Fsp3) is 0.222. The lowest BCUT2D eigenvalue weighted by atomic mass is 10.1. The highest BCUT2D eigenvalue weighted by Crippen LogP contribution is 2.11. The number of hydrogen-bond acceptors (Lipinski definition) is 4. The van der Waals surface area contributed by atoms with Crippen LogP contribution in [-0.2, 0) is 16.4 Å². The van der Waals surface area contributed by atoms with Crippen molar-refractivity contribution in [3.05, 3.63) is 65.5 Å². The maximum atomic E-state index is 13.1. The maximum absolute atomic E-state index is 13.1. The van der Waals surface area contributed by atoms with Gasteiger partial charge in [-0.15, -0.1) is 0 Å². The summed E-state index contributed by atoms with van der Waals surface area (Å²) in [5, 5.41) is 11.1. The van der Waals surface area contributed by atoms with Gasteiger partial charge in [-0.05, 0) is 48.4 Å². The largest absolute Gasteiger partial charge is 0.352 e. The van der Waals surface area contributed by atoms with Gasteiger partial charge in [-0.2, -0.15) is 5.26 Å². The molecule has 2 aromatic carbocycles. The summed E-state index contributed by atoms with van der Waals surface area (Å²) in [5.41, 5.74) is 1.09. The van der Waals surface area contributed by atoms with Crippen molar-refractivity contribution in [3.8, 4) is 6.07 Å². The van der Waals surface area contributed by atoms with E-state index in [1.165, 1.54) is 36.4 Å². The molecule has 2 aromatic rings. The van der Waals surface area contributed by atoms with Crippen molar-refractivity contribution in [1.29, 1.82) is 5.26 Å². The number of hydrogen-bond donors (Lipinski definition) is 2. The molecular formula is C18H18FN3O3S. The van der Waals surface area contributed by atoms with Crippen LogP contribution in [0.2, 0.25) is 0 Å². The summed E-state index contributed by atoms with van der Waals surface area (Å²) in [6.45, 7) is 0.360. The fourth-order valence-corrected chi connectivity index (χ4v) is 3.26. The molecule has 136 valence electrons. The average Bonchev–Trinajstić information content (AvgIpc) is 2.62. The summed E-state index contributed by atoms with van der Waals surface area (Å²) in [7, 11) is -3.70. The first-order valence-corrected chi connectivity index (χ1v) is 9.40. The Hall–Kier alpha value is -2.76. The molecule has 0 atom stereocenters. The Morgan fingerprint density at radius 3 is 2.50 bits per heavy atom. The summed E-state index contributed by atoms with van der Waals surface area (Å²) in [6.07, 6.45) is 0.559. The maximum Gasteiger partial charge on any atom is 0.251 e. The van der Waals surface area contributed by atoms with Gasteiger partial charge in [0, 0.05) is 25.1 Å². The lowest BCUT2D eigenvalue weighted by molar-refractivity contribution is 0.0954. The van der Waals surface area contributed by atoms with Crippen molar-refractivity contribution in [2.24, 2.45) is 0 Å². The minimum atomic E-state index is -3.70. The van der Waals surface area contributed by atoms with Crippen LogP contribution in [-0.4, -0.2) is 27.4 Å². The molecule has 0 aliphatic heterocycles. The van der Waals surface area contributed by atoms with Gasteiger partial charge in [0.05, 0.1) is 11.0 Å². The molecule has 0 spiro atoms. The van der Waals surface area contributed by atoms with Gasteiger partial charge in [-0.3, -0.25) is 4.79 Å². The minimum absolute atomic E-state index is 0.0201. The second-order valence-corrected chi connectivity index (χ2v) is 7.23. The molecule has 0 fully saturated rings. The van der Waals surface area contributed by atoms with Gasteiger partial charge in [0.1, 0.15) is 5.82 Å². The van der Waals surface area contributed by atoms with Gasteiger partial charge in [0.2, 0.25) is 10.0 Å². The van der Waals surface area contributed by atoms with Crippen LogP contribution in [0.25, 0.3) is 0 Å². The molecule has 0 radical (unpaired) electrons. The molecule has 0 heterocycles. The highest BCUT2D eigenvalue weighted by molar-refractivity contribution is 7.89. The number of carbonyl (C=O) groups is 1. The van der Waals surface area contributed by atoms with Gasteiger partial charge in [0.15, 0.2) is 0 Å². The number of sulfonamides is 1. The topological polar surface area (TPSA) is 99.1 Å². The Morgan fingerprint density at radius 2 is 1.85 bits per heavy atom. The zero-order valence-electron chi connectivity index (χ0n) is 13.9. The average molecular weight is 375 g/mol. The number of nitriles is 1. The van der Waals surface area contributed by atoms with E-state index in [0.717, 1.165) is 5.56 Å². The highest BCUT2D eigenvalue weighted by atomic mass is 32.2. The standard InChI is InChI=1S/C18H18FN3O3S/c19-16-4-1-3-14(13-16)9-12-21-18(23)15-5-7-17(8-6-15)26(24,25)22-11-2-10-20/h1,3-8,13,22H,2,9,11-12H2,(H,21,23). The molecule has 8 heteroatoms. The van der Waals surface area contributed by atoms with Gasteiger partial charge in [-0.1, -0.05) is 12.1 Å². The Kier molecular flexibility index (Phi) is 6.83. The molecular weight excluding hydrogens is 357 g/mol. The molecule has 2 rings (SSSR count). The molecule has 0 saturated heterocycles. The smallest absolute Gasteiger partial charge is 0.251 e. The van der Waals surface area contributed by atoms with Crippen LogP contribution >= 0.6 is 0 Å². The van der Waals surface area contributed by atoms with E-state index in [2.05, 4.69) is 10.0 Å². The molecule has 6 nitrogen and oxygen atoms in total. The minimum Gasteiger partial charge on any atom is -0.352 e. The molecule has 0 aliphatic carbocycles. The summed E-state index contributed by atoms with van der Waals surface area (Å²) in [6, 6.07) is 13.5. The Labute approximate surface area is 151 Å². The molecule has 0 unspecified atom stereocenters. The van der Waals surface area contributed by atoms with Gasteiger partial charge >= 0.3 is 0 Å². The quantitative estimate of drug-likeness (QED) is 0.689. The number of amides is 1. The SMILES string of the molecule is N#CCCNS(=O)(=O)c1ccc(C(=O)NCCc2cccc(F)c2)cc1. The third-order valence-corrected chi connectivity index (χ3v) is 5.02. The summed E-state index contributed by atoms with van der Waals surface area (Å²) >= 11 is 0. The normalized spacial score (nSPS) is 10.9. The third kappa shape index (κ3) is 5.65. The fourth-order valence-electron chi connectivity index (χ4n) is 2.22. The van der Waals surface area contributed by atoms with E-state index in [1.54, 1.807) is 12.1 Å². The van der Waals surface area contributed by atoms with Crippen LogP contribution in [0.3, 0.4) is 0 Å². The highest BCUT2D eigenvalue weighted by Gasteiger charge is 2.14. The second kappa shape index (κ2) is 9.08.